The van der Waals surface area contributed by atoms with Gasteiger partial charge in [-0.05, 0) is 65.8 Å². The summed E-state index contributed by atoms with van der Waals surface area (Å²) in [6, 6.07) is 19.2. The van der Waals surface area contributed by atoms with Gasteiger partial charge in [-0.1, -0.05) is 64.3 Å². The Kier molecular flexibility index (Phi) is 7.02. The molecule has 0 atom stereocenters. The second-order valence-corrected chi connectivity index (χ2v) is 10.3. The minimum atomic E-state index is -0.224. The van der Waals surface area contributed by atoms with Crippen LogP contribution in [0.1, 0.15) is 80.1 Å². The predicted molar refractivity (Wildman–Crippen MR) is 132 cm³/mol. The SMILES string of the molecule is CC(C)(C)c1ccc(C(=O)N(Cc2cccn2Cc2ccc(F)cc2)C2CCCCC2)cc1. The highest BCUT2D eigenvalue weighted by Gasteiger charge is 2.27. The average Bonchev–Trinajstić information content (AvgIpc) is 3.25. The average molecular weight is 447 g/mol. The van der Waals surface area contributed by atoms with Gasteiger partial charge in [0.25, 0.3) is 5.91 Å². The molecule has 4 rings (SSSR count). The molecule has 0 unspecified atom stereocenters. The minimum Gasteiger partial charge on any atom is -0.345 e. The van der Waals surface area contributed by atoms with Gasteiger partial charge in [-0.3, -0.25) is 4.79 Å². The number of carbonyl (C=O) groups excluding carboxylic acids is 1. The lowest BCUT2D eigenvalue weighted by Gasteiger charge is -2.35. The van der Waals surface area contributed by atoms with Crippen molar-refractivity contribution in [3.63, 3.8) is 0 Å². The van der Waals surface area contributed by atoms with Crippen molar-refractivity contribution in [2.75, 3.05) is 0 Å². The minimum absolute atomic E-state index is 0.0613. The van der Waals surface area contributed by atoms with Crippen LogP contribution < -0.4 is 0 Å². The van der Waals surface area contributed by atoms with Crippen molar-refractivity contribution < 1.29 is 9.18 Å². The number of hydrogen-bond donors (Lipinski definition) is 0. The van der Waals surface area contributed by atoms with Gasteiger partial charge in [-0.2, -0.15) is 0 Å². The van der Waals surface area contributed by atoms with Crippen LogP contribution in [0.15, 0.2) is 66.9 Å². The van der Waals surface area contributed by atoms with Gasteiger partial charge in [0.1, 0.15) is 5.82 Å². The van der Waals surface area contributed by atoms with Crippen molar-refractivity contribution in [3.05, 3.63) is 95.1 Å². The summed E-state index contributed by atoms with van der Waals surface area (Å²) in [5.41, 5.74) is 4.19. The molecule has 0 spiro atoms. The molecule has 174 valence electrons. The topological polar surface area (TPSA) is 25.2 Å². The Bertz CT molecular complexity index is 1050. The number of rotatable bonds is 6. The number of benzene rings is 2. The van der Waals surface area contributed by atoms with E-state index in [1.54, 1.807) is 0 Å². The Labute approximate surface area is 197 Å². The molecule has 33 heavy (non-hydrogen) atoms. The third-order valence-corrected chi connectivity index (χ3v) is 6.80. The Balaban J connectivity index is 1.57. The number of halogens is 1. The Morgan fingerprint density at radius 3 is 2.27 bits per heavy atom. The molecule has 1 heterocycles. The lowest BCUT2D eigenvalue weighted by molar-refractivity contribution is 0.0608. The largest absolute Gasteiger partial charge is 0.345 e. The zero-order valence-electron chi connectivity index (χ0n) is 20.1. The molecule has 1 aromatic heterocycles. The molecule has 1 aliphatic rings. The summed E-state index contributed by atoms with van der Waals surface area (Å²) in [7, 11) is 0. The van der Waals surface area contributed by atoms with Gasteiger partial charge in [-0.15, -0.1) is 0 Å². The van der Waals surface area contributed by atoms with Gasteiger partial charge >= 0.3 is 0 Å². The first kappa shape index (κ1) is 23.3. The lowest BCUT2D eigenvalue weighted by Crippen LogP contribution is -2.41. The highest BCUT2D eigenvalue weighted by molar-refractivity contribution is 5.94. The molecule has 0 saturated heterocycles. The number of nitrogens with zero attached hydrogens (tertiary/aromatic N) is 2. The van der Waals surface area contributed by atoms with Gasteiger partial charge in [0.15, 0.2) is 0 Å². The zero-order chi connectivity index (χ0) is 23.4. The van der Waals surface area contributed by atoms with Crippen molar-refractivity contribution in [1.29, 1.82) is 0 Å². The maximum atomic E-state index is 13.7. The van der Waals surface area contributed by atoms with E-state index in [1.807, 2.05) is 36.5 Å². The second-order valence-electron chi connectivity index (χ2n) is 10.3. The summed E-state index contributed by atoms with van der Waals surface area (Å²) in [6.45, 7) is 7.81. The fraction of sp³-hybridized carbons (Fsp3) is 0.414. The van der Waals surface area contributed by atoms with Crippen molar-refractivity contribution >= 4 is 5.91 Å². The predicted octanol–water partition coefficient (Wildman–Crippen LogP) is 6.95. The van der Waals surface area contributed by atoms with E-state index in [4.69, 9.17) is 0 Å². The molecule has 1 saturated carbocycles. The van der Waals surface area contributed by atoms with Crippen molar-refractivity contribution in [1.82, 2.24) is 9.47 Å². The lowest BCUT2D eigenvalue weighted by atomic mass is 9.86. The molecule has 3 nitrogen and oxygen atoms in total. The van der Waals surface area contributed by atoms with E-state index in [1.165, 1.54) is 37.0 Å². The molecule has 0 aliphatic heterocycles. The smallest absolute Gasteiger partial charge is 0.254 e. The molecular formula is C29H35FN2O. The van der Waals surface area contributed by atoms with Crippen LogP contribution in [0, 0.1) is 5.82 Å². The summed E-state index contributed by atoms with van der Waals surface area (Å²) in [4.78, 5) is 15.8. The van der Waals surface area contributed by atoms with E-state index in [-0.39, 0.29) is 23.2 Å². The molecule has 1 aliphatic carbocycles. The van der Waals surface area contributed by atoms with E-state index in [0.29, 0.717) is 13.1 Å². The summed E-state index contributed by atoms with van der Waals surface area (Å²) in [5, 5.41) is 0. The molecule has 0 radical (unpaired) electrons. The van der Waals surface area contributed by atoms with Crippen LogP contribution in [0.4, 0.5) is 4.39 Å². The van der Waals surface area contributed by atoms with Crippen LogP contribution in [0.25, 0.3) is 0 Å². The second kappa shape index (κ2) is 9.94. The van der Waals surface area contributed by atoms with Gasteiger partial charge in [0.2, 0.25) is 0 Å². The van der Waals surface area contributed by atoms with E-state index < -0.39 is 0 Å². The molecule has 0 bridgehead atoms. The Hall–Kier alpha value is -2.88. The Morgan fingerprint density at radius 1 is 0.970 bits per heavy atom. The summed E-state index contributed by atoms with van der Waals surface area (Å²) < 4.78 is 15.5. The molecule has 3 aromatic rings. The molecule has 4 heteroatoms. The fourth-order valence-corrected chi connectivity index (χ4v) is 4.75. The van der Waals surface area contributed by atoms with Crippen LogP contribution in [0.3, 0.4) is 0 Å². The first-order chi connectivity index (χ1) is 15.8. The summed E-state index contributed by atoms with van der Waals surface area (Å²) in [6.07, 6.45) is 7.76. The third kappa shape index (κ3) is 5.73. The van der Waals surface area contributed by atoms with Gasteiger partial charge in [0.05, 0.1) is 6.54 Å². The third-order valence-electron chi connectivity index (χ3n) is 6.80. The fourth-order valence-electron chi connectivity index (χ4n) is 4.75. The zero-order valence-corrected chi connectivity index (χ0v) is 20.1. The van der Waals surface area contributed by atoms with Crippen LogP contribution in [-0.2, 0) is 18.5 Å². The number of amides is 1. The molecule has 0 N–H and O–H groups in total. The van der Waals surface area contributed by atoms with Crippen LogP contribution in [0.2, 0.25) is 0 Å². The normalized spacial score (nSPS) is 14.9. The van der Waals surface area contributed by atoms with Crippen molar-refractivity contribution in [2.24, 2.45) is 0 Å². The van der Waals surface area contributed by atoms with Gasteiger partial charge in [0, 0.05) is 30.0 Å². The number of aromatic nitrogens is 1. The first-order valence-electron chi connectivity index (χ1n) is 12.1. The quantitative estimate of drug-likeness (QED) is 0.402. The van der Waals surface area contributed by atoms with Crippen LogP contribution in [0.5, 0.6) is 0 Å². The highest BCUT2D eigenvalue weighted by atomic mass is 19.1. The standard InChI is InChI=1S/C29H35FN2O/c1-29(2,3)24-15-13-23(14-16-24)28(33)32(26-8-5-4-6-9-26)21-27-10-7-19-31(27)20-22-11-17-25(30)18-12-22/h7,10-19,26H,4-6,8-9,20-21H2,1-3H3. The summed E-state index contributed by atoms with van der Waals surface area (Å²) in [5.74, 6) is -0.116. The van der Waals surface area contributed by atoms with E-state index >= 15 is 0 Å². The monoisotopic (exact) mass is 446 g/mol. The maximum absolute atomic E-state index is 13.7. The highest BCUT2D eigenvalue weighted by Crippen LogP contribution is 2.27. The number of carbonyl (C=O) groups is 1. The van der Waals surface area contributed by atoms with Crippen molar-refractivity contribution in [2.45, 2.75) is 77.4 Å². The Morgan fingerprint density at radius 2 is 1.64 bits per heavy atom. The van der Waals surface area contributed by atoms with Gasteiger partial charge in [-0.25, -0.2) is 4.39 Å². The van der Waals surface area contributed by atoms with Crippen molar-refractivity contribution in [3.8, 4) is 0 Å². The molecular weight excluding hydrogens is 411 g/mol. The first-order valence-corrected chi connectivity index (χ1v) is 12.1. The molecule has 1 fully saturated rings. The van der Waals surface area contributed by atoms with E-state index in [2.05, 4.69) is 48.4 Å². The van der Waals surface area contributed by atoms with E-state index in [0.717, 1.165) is 29.7 Å². The van der Waals surface area contributed by atoms with Crippen LogP contribution >= 0.6 is 0 Å². The molecule has 1 amide bonds. The van der Waals surface area contributed by atoms with Gasteiger partial charge < -0.3 is 9.47 Å². The molecule has 2 aromatic carbocycles. The maximum Gasteiger partial charge on any atom is 0.254 e. The van der Waals surface area contributed by atoms with E-state index in [9.17, 15) is 9.18 Å². The summed E-state index contributed by atoms with van der Waals surface area (Å²) >= 11 is 0. The number of hydrogen-bond acceptors (Lipinski definition) is 1. The van der Waals surface area contributed by atoms with Crippen LogP contribution in [-0.4, -0.2) is 21.4 Å².